The van der Waals surface area contributed by atoms with Crippen molar-refractivity contribution < 1.29 is 0 Å². The minimum absolute atomic E-state index is 0.663. The Morgan fingerprint density at radius 2 is 2.37 bits per heavy atom. The molecule has 0 aromatic carbocycles. The summed E-state index contributed by atoms with van der Waals surface area (Å²) in [6, 6.07) is 0. The summed E-state index contributed by atoms with van der Waals surface area (Å²) in [7, 11) is 2.05. The van der Waals surface area contributed by atoms with E-state index in [-0.39, 0.29) is 0 Å². The summed E-state index contributed by atoms with van der Waals surface area (Å²) in [6.45, 7) is 4.20. The molecule has 0 spiro atoms. The van der Waals surface area contributed by atoms with E-state index in [1.807, 2.05) is 17.1 Å². The van der Waals surface area contributed by atoms with E-state index in [4.69, 9.17) is 0 Å². The minimum atomic E-state index is 0.663. The largest absolute Gasteiger partial charge is 0.337 e. The van der Waals surface area contributed by atoms with Crippen molar-refractivity contribution >= 4 is 0 Å². The number of aromatic nitrogens is 5. The number of hydrogen-bond donors (Lipinski definition) is 0. The maximum absolute atomic E-state index is 4.40. The Hall–Kier alpha value is -1.69. The fourth-order valence-electron chi connectivity index (χ4n) is 2.78. The molecule has 1 aliphatic rings. The summed E-state index contributed by atoms with van der Waals surface area (Å²) in [4.78, 5) is 10.9. The second kappa shape index (κ2) is 5.52. The molecule has 1 unspecified atom stereocenters. The average molecular weight is 260 g/mol. The lowest BCUT2D eigenvalue weighted by molar-refractivity contribution is 0.149. The molecular weight excluding hydrogens is 240 g/mol. The predicted octanol–water partition coefficient (Wildman–Crippen LogP) is 0.924. The Morgan fingerprint density at radius 3 is 3.11 bits per heavy atom. The van der Waals surface area contributed by atoms with Crippen LogP contribution in [0.15, 0.2) is 25.0 Å². The molecule has 1 saturated heterocycles. The molecule has 102 valence electrons. The molecule has 6 heteroatoms. The first kappa shape index (κ1) is 12.3. The molecule has 1 fully saturated rings. The Bertz CT molecular complexity index is 503. The Kier molecular flexibility index (Phi) is 3.59. The summed E-state index contributed by atoms with van der Waals surface area (Å²) in [5.74, 6) is 1.80. The smallest absolute Gasteiger partial charge is 0.137 e. The molecule has 1 atom stereocenters. The molecule has 0 bridgehead atoms. The highest BCUT2D eigenvalue weighted by molar-refractivity contribution is 4.91. The van der Waals surface area contributed by atoms with E-state index in [0.717, 1.165) is 25.5 Å². The number of nitrogens with zero attached hydrogens (tertiary/aromatic N) is 6. The fraction of sp³-hybridized carbons (Fsp3) is 0.615. The van der Waals surface area contributed by atoms with Gasteiger partial charge in [-0.15, -0.1) is 0 Å². The number of hydrogen-bond acceptors (Lipinski definition) is 4. The van der Waals surface area contributed by atoms with Gasteiger partial charge in [0.1, 0.15) is 18.5 Å². The second-order valence-corrected chi connectivity index (χ2v) is 5.32. The van der Waals surface area contributed by atoms with Crippen LogP contribution in [0, 0.1) is 5.92 Å². The summed E-state index contributed by atoms with van der Waals surface area (Å²) in [5, 5.41) is 4.20. The van der Waals surface area contributed by atoms with Gasteiger partial charge in [-0.25, -0.2) is 9.97 Å². The summed E-state index contributed by atoms with van der Waals surface area (Å²) in [5.41, 5.74) is 0. The molecule has 0 saturated carbocycles. The van der Waals surface area contributed by atoms with Crippen LogP contribution in [0.1, 0.15) is 18.7 Å². The van der Waals surface area contributed by atoms with E-state index in [0.29, 0.717) is 5.92 Å². The average Bonchev–Trinajstić information content (AvgIpc) is 3.03. The highest BCUT2D eigenvalue weighted by atomic mass is 15.3. The lowest BCUT2D eigenvalue weighted by Gasteiger charge is -2.32. The molecule has 2 aromatic rings. The molecular formula is C13H20N6. The van der Waals surface area contributed by atoms with E-state index in [2.05, 4.69) is 31.6 Å². The molecule has 1 aliphatic heterocycles. The molecule has 6 nitrogen and oxygen atoms in total. The molecule has 3 heterocycles. The first-order valence-corrected chi connectivity index (χ1v) is 6.82. The van der Waals surface area contributed by atoms with Crippen LogP contribution >= 0.6 is 0 Å². The second-order valence-electron chi connectivity index (χ2n) is 5.32. The molecule has 3 rings (SSSR count). The van der Waals surface area contributed by atoms with Crippen molar-refractivity contribution in [3.8, 4) is 0 Å². The normalized spacial score (nSPS) is 20.8. The Labute approximate surface area is 113 Å². The van der Waals surface area contributed by atoms with Crippen molar-refractivity contribution in [2.45, 2.75) is 25.9 Å². The van der Waals surface area contributed by atoms with Crippen LogP contribution in [0.2, 0.25) is 0 Å². The van der Waals surface area contributed by atoms with Gasteiger partial charge in [0, 0.05) is 32.5 Å². The van der Waals surface area contributed by atoms with Gasteiger partial charge < -0.3 is 4.57 Å². The van der Waals surface area contributed by atoms with Crippen molar-refractivity contribution in [1.82, 2.24) is 29.2 Å². The van der Waals surface area contributed by atoms with Crippen molar-refractivity contribution in [2.24, 2.45) is 13.0 Å². The maximum atomic E-state index is 4.40. The zero-order chi connectivity index (χ0) is 13.1. The number of aryl methyl sites for hydroxylation is 1. The van der Waals surface area contributed by atoms with E-state index < -0.39 is 0 Å². The lowest BCUT2D eigenvalue weighted by Crippen LogP contribution is -2.37. The first-order chi connectivity index (χ1) is 9.31. The van der Waals surface area contributed by atoms with Gasteiger partial charge in [0.2, 0.25) is 0 Å². The minimum Gasteiger partial charge on any atom is -0.337 e. The van der Waals surface area contributed by atoms with E-state index in [1.165, 1.54) is 19.4 Å². The number of piperidine rings is 1. The maximum Gasteiger partial charge on any atom is 0.137 e. The third-order valence-corrected chi connectivity index (χ3v) is 3.80. The monoisotopic (exact) mass is 260 g/mol. The van der Waals surface area contributed by atoms with Crippen LogP contribution in [0.5, 0.6) is 0 Å². The van der Waals surface area contributed by atoms with Crippen molar-refractivity contribution in [2.75, 3.05) is 13.1 Å². The van der Waals surface area contributed by atoms with Crippen LogP contribution in [0.3, 0.4) is 0 Å². The lowest BCUT2D eigenvalue weighted by atomic mass is 9.98. The van der Waals surface area contributed by atoms with Gasteiger partial charge in [-0.2, -0.15) is 5.10 Å². The molecule has 0 radical (unpaired) electrons. The van der Waals surface area contributed by atoms with Gasteiger partial charge in [0.05, 0.1) is 6.54 Å². The summed E-state index contributed by atoms with van der Waals surface area (Å²) < 4.78 is 4.04. The van der Waals surface area contributed by atoms with E-state index in [1.54, 1.807) is 12.7 Å². The van der Waals surface area contributed by atoms with Crippen LogP contribution < -0.4 is 0 Å². The first-order valence-electron chi connectivity index (χ1n) is 6.82. The van der Waals surface area contributed by atoms with Crippen LogP contribution in [0.25, 0.3) is 0 Å². The topological polar surface area (TPSA) is 51.8 Å². The van der Waals surface area contributed by atoms with Crippen LogP contribution in [-0.2, 0) is 20.1 Å². The van der Waals surface area contributed by atoms with Crippen LogP contribution in [0.4, 0.5) is 0 Å². The zero-order valence-corrected chi connectivity index (χ0v) is 11.3. The van der Waals surface area contributed by atoms with Gasteiger partial charge in [0.15, 0.2) is 0 Å². The molecule has 0 aliphatic carbocycles. The standard InChI is InChI=1S/C13H20N6/c1-17-6-4-15-13(17)9-18-5-2-3-12(7-18)8-19-11-14-10-16-19/h4,6,10-12H,2-3,5,7-9H2,1H3. The number of rotatable bonds is 4. The molecule has 0 N–H and O–H groups in total. The van der Waals surface area contributed by atoms with Crippen molar-refractivity contribution in [1.29, 1.82) is 0 Å². The number of imidazole rings is 1. The predicted molar refractivity (Wildman–Crippen MR) is 71.2 cm³/mol. The molecule has 2 aromatic heterocycles. The van der Waals surface area contributed by atoms with Gasteiger partial charge >= 0.3 is 0 Å². The van der Waals surface area contributed by atoms with Gasteiger partial charge in [0.25, 0.3) is 0 Å². The highest BCUT2D eigenvalue weighted by Crippen LogP contribution is 2.19. The third kappa shape index (κ3) is 3.01. The van der Waals surface area contributed by atoms with E-state index in [9.17, 15) is 0 Å². The number of likely N-dealkylation sites (tertiary alicyclic amines) is 1. The molecule has 0 amide bonds. The third-order valence-electron chi connectivity index (χ3n) is 3.80. The van der Waals surface area contributed by atoms with Crippen molar-refractivity contribution in [3.05, 3.63) is 30.9 Å². The van der Waals surface area contributed by atoms with Gasteiger partial charge in [-0.1, -0.05) is 0 Å². The van der Waals surface area contributed by atoms with E-state index >= 15 is 0 Å². The SMILES string of the molecule is Cn1ccnc1CN1CCCC(Cn2cncn2)C1. The van der Waals surface area contributed by atoms with Crippen molar-refractivity contribution in [3.63, 3.8) is 0 Å². The van der Waals surface area contributed by atoms with Crippen LogP contribution in [-0.4, -0.2) is 42.3 Å². The quantitative estimate of drug-likeness (QED) is 0.820. The zero-order valence-electron chi connectivity index (χ0n) is 11.3. The highest BCUT2D eigenvalue weighted by Gasteiger charge is 2.21. The Balaban J connectivity index is 1.57. The summed E-state index contributed by atoms with van der Waals surface area (Å²) in [6.07, 6.45) is 9.81. The Morgan fingerprint density at radius 1 is 1.42 bits per heavy atom. The summed E-state index contributed by atoms with van der Waals surface area (Å²) >= 11 is 0. The fourth-order valence-corrected chi connectivity index (χ4v) is 2.78. The van der Waals surface area contributed by atoms with Gasteiger partial charge in [-0.05, 0) is 25.3 Å². The molecule has 19 heavy (non-hydrogen) atoms. The van der Waals surface area contributed by atoms with Gasteiger partial charge in [-0.3, -0.25) is 9.58 Å².